The highest BCUT2D eigenvalue weighted by Gasteiger charge is 2.27. The van der Waals surface area contributed by atoms with Crippen molar-refractivity contribution in [2.24, 2.45) is 0 Å². The number of aliphatic hydroxyl groups excluding tert-OH is 1. The zero-order chi connectivity index (χ0) is 15.3. The third-order valence-electron chi connectivity index (χ3n) is 2.46. The number of alkyl halides is 3. The normalized spacial score (nSPS) is 12.9. The molecule has 1 aromatic rings. The summed E-state index contributed by atoms with van der Waals surface area (Å²) >= 11 is 0. The van der Waals surface area contributed by atoms with Crippen LogP contribution in [0.15, 0.2) is 18.2 Å². The highest BCUT2D eigenvalue weighted by atomic mass is 19.4. The molecule has 1 atom stereocenters. The fraction of sp³-hybridized carbons (Fsp3) is 0.462. The Bertz CT molecular complexity index is 472. The standard InChI is InChI=1S/C13H16F3NO3/c1-8-3-4-11(10(5-8)9(2)18)20-6-12(19)17-7-13(14,15)16/h3-5,9,18H,6-7H2,1-2H3,(H,17,19)/t9-/m1/s1. The second-order valence-corrected chi connectivity index (χ2v) is 4.40. The van der Waals surface area contributed by atoms with Crippen molar-refractivity contribution in [3.63, 3.8) is 0 Å². The SMILES string of the molecule is Cc1ccc(OCC(=O)NCC(F)(F)F)c([C@@H](C)O)c1. The molecule has 2 N–H and O–H groups in total. The third-order valence-corrected chi connectivity index (χ3v) is 2.46. The average molecular weight is 291 g/mol. The van der Waals surface area contributed by atoms with Gasteiger partial charge in [0.15, 0.2) is 6.61 Å². The van der Waals surface area contributed by atoms with E-state index in [1.54, 1.807) is 23.5 Å². The number of halogens is 3. The molecular formula is C13H16F3NO3. The maximum absolute atomic E-state index is 11.9. The van der Waals surface area contributed by atoms with Crippen molar-refractivity contribution in [1.82, 2.24) is 5.32 Å². The van der Waals surface area contributed by atoms with Crippen LogP contribution in [-0.2, 0) is 4.79 Å². The average Bonchev–Trinajstić information content (AvgIpc) is 2.33. The Morgan fingerprint density at radius 2 is 2.10 bits per heavy atom. The van der Waals surface area contributed by atoms with E-state index in [1.807, 2.05) is 6.92 Å². The molecule has 0 unspecified atom stereocenters. The van der Waals surface area contributed by atoms with Gasteiger partial charge in [-0.05, 0) is 26.0 Å². The Morgan fingerprint density at radius 1 is 1.45 bits per heavy atom. The van der Waals surface area contributed by atoms with Crippen molar-refractivity contribution in [1.29, 1.82) is 0 Å². The molecule has 1 amide bonds. The molecule has 112 valence electrons. The van der Waals surface area contributed by atoms with Crippen molar-refractivity contribution in [2.75, 3.05) is 13.2 Å². The van der Waals surface area contributed by atoms with Crippen LogP contribution < -0.4 is 10.1 Å². The van der Waals surface area contributed by atoms with E-state index in [9.17, 15) is 23.1 Å². The smallest absolute Gasteiger partial charge is 0.405 e. The van der Waals surface area contributed by atoms with Gasteiger partial charge in [-0.1, -0.05) is 11.6 Å². The molecule has 0 spiro atoms. The Balaban J connectivity index is 2.59. The maximum atomic E-state index is 11.9. The van der Waals surface area contributed by atoms with Gasteiger partial charge in [0.2, 0.25) is 0 Å². The summed E-state index contributed by atoms with van der Waals surface area (Å²) in [7, 11) is 0. The number of carbonyl (C=O) groups excluding carboxylic acids is 1. The summed E-state index contributed by atoms with van der Waals surface area (Å²) in [6.07, 6.45) is -5.26. The fourth-order valence-electron chi connectivity index (χ4n) is 1.52. The fourth-order valence-corrected chi connectivity index (χ4v) is 1.52. The largest absolute Gasteiger partial charge is 0.483 e. The van der Waals surface area contributed by atoms with Gasteiger partial charge in [-0.2, -0.15) is 13.2 Å². The van der Waals surface area contributed by atoms with Gasteiger partial charge in [-0.15, -0.1) is 0 Å². The molecular weight excluding hydrogens is 275 g/mol. The number of ether oxygens (including phenoxy) is 1. The lowest BCUT2D eigenvalue weighted by atomic mass is 10.1. The maximum Gasteiger partial charge on any atom is 0.405 e. The quantitative estimate of drug-likeness (QED) is 0.873. The predicted octanol–water partition coefficient (Wildman–Crippen LogP) is 2.11. The zero-order valence-electron chi connectivity index (χ0n) is 11.1. The first-order valence-electron chi connectivity index (χ1n) is 5.94. The van der Waals surface area contributed by atoms with Gasteiger partial charge in [0.05, 0.1) is 6.10 Å². The summed E-state index contributed by atoms with van der Waals surface area (Å²) in [5, 5.41) is 11.3. The number of hydrogen-bond acceptors (Lipinski definition) is 3. The summed E-state index contributed by atoms with van der Waals surface area (Å²) in [4.78, 5) is 11.2. The van der Waals surface area contributed by atoms with E-state index in [0.717, 1.165) is 5.56 Å². The van der Waals surface area contributed by atoms with E-state index in [1.165, 1.54) is 6.92 Å². The summed E-state index contributed by atoms with van der Waals surface area (Å²) in [5.74, 6) is -0.604. The molecule has 7 heteroatoms. The van der Waals surface area contributed by atoms with E-state index >= 15 is 0 Å². The van der Waals surface area contributed by atoms with Crippen LogP contribution in [0.1, 0.15) is 24.2 Å². The molecule has 0 saturated carbocycles. The van der Waals surface area contributed by atoms with Gasteiger partial charge in [-0.3, -0.25) is 4.79 Å². The summed E-state index contributed by atoms with van der Waals surface area (Å²) in [6.45, 7) is 1.42. The number of aliphatic hydroxyl groups is 1. The first kappa shape index (κ1) is 16.3. The van der Waals surface area contributed by atoms with Crippen molar-refractivity contribution >= 4 is 5.91 Å². The van der Waals surface area contributed by atoms with Crippen LogP contribution in [0.25, 0.3) is 0 Å². The van der Waals surface area contributed by atoms with Gasteiger partial charge in [-0.25, -0.2) is 0 Å². The molecule has 0 heterocycles. The van der Waals surface area contributed by atoms with Gasteiger partial charge in [0.1, 0.15) is 12.3 Å². The Labute approximate surface area is 114 Å². The first-order chi connectivity index (χ1) is 9.19. The van der Waals surface area contributed by atoms with E-state index < -0.39 is 31.3 Å². The molecule has 4 nitrogen and oxygen atoms in total. The van der Waals surface area contributed by atoms with Crippen LogP contribution in [0, 0.1) is 6.92 Å². The molecule has 0 fully saturated rings. The predicted molar refractivity (Wildman–Crippen MR) is 66.4 cm³/mol. The molecule has 0 aliphatic carbocycles. The monoisotopic (exact) mass is 291 g/mol. The molecule has 0 bridgehead atoms. The van der Waals surface area contributed by atoms with E-state index in [0.29, 0.717) is 5.56 Å². The minimum Gasteiger partial charge on any atom is -0.483 e. The van der Waals surface area contributed by atoms with Gasteiger partial charge >= 0.3 is 6.18 Å². The van der Waals surface area contributed by atoms with Gasteiger partial charge < -0.3 is 15.2 Å². The van der Waals surface area contributed by atoms with Crippen molar-refractivity contribution in [3.05, 3.63) is 29.3 Å². The van der Waals surface area contributed by atoms with Crippen molar-refractivity contribution in [3.8, 4) is 5.75 Å². The topological polar surface area (TPSA) is 58.6 Å². The number of hydrogen-bond donors (Lipinski definition) is 2. The molecule has 0 aliphatic heterocycles. The van der Waals surface area contributed by atoms with Crippen molar-refractivity contribution in [2.45, 2.75) is 26.1 Å². The second kappa shape index (κ2) is 6.60. The lowest BCUT2D eigenvalue weighted by Gasteiger charge is -2.14. The van der Waals surface area contributed by atoms with Crippen LogP contribution >= 0.6 is 0 Å². The van der Waals surface area contributed by atoms with Crippen molar-refractivity contribution < 1.29 is 27.8 Å². The second-order valence-electron chi connectivity index (χ2n) is 4.40. The van der Waals surface area contributed by atoms with E-state index in [2.05, 4.69) is 0 Å². The van der Waals surface area contributed by atoms with E-state index in [-0.39, 0.29) is 5.75 Å². The molecule has 0 aromatic heterocycles. The number of nitrogens with one attached hydrogen (secondary N) is 1. The van der Waals surface area contributed by atoms with E-state index in [4.69, 9.17) is 4.74 Å². The Morgan fingerprint density at radius 3 is 2.65 bits per heavy atom. The Kier molecular flexibility index (Phi) is 5.38. The van der Waals surface area contributed by atoms with Crippen LogP contribution in [0.4, 0.5) is 13.2 Å². The number of amides is 1. The molecule has 0 saturated heterocycles. The minimum atomic E-state index is -4.45. The van der Waals surface area contributed by atoms with Crippen LogP contribution in [0.3, 0.4) is 0 Å². The summed E-state index contributed by atoms with van der Waals surface area (Å²) in [6, 6.07) is 4.97. The minimum absolute atomic E-state index is 0.271. The van der Waals surface area contributed by atoms with Crippen LogP contribution in [-0.4, -0.2) is 30.3 Å². The molecule has 1 rings (SSSR count). The van der Waals surface area contributed by atoms with Gasteiger partial charge in [0, 0.05) is 5.56 Å². The molecule has 0 radical (unpaired) electrons. The number of rotatable bonds is 5. The highest BCUT2D eigenvalue weighted by molar-refractivity contribution is 5.77. The highest BCUT2D eigenvalue weighted by Crippen LogP contribution is 2.26. The lowest BCUT2D eigenvalue weighted by molar-refractivity contribution is -0.139. The number of benzene rings is 1. The number of aryl methyl sites for hydroxylation is 1. The first-order valence-corrected chi connectivity index (χ1v) is 5.94. The third kappa shape index (κ3) is 5.48. The van der Waals surface area contributed by atoms with Crippen LogP contribution in [0.5, 0.6) is 5.75 Å². The lowest BCUT2D eigenvalue weighted by Crippen LogP contribution is -2.36. The molecule has 0 aliphatic rings. The zero-order valence-corrected chi connectivity index (χ0v) is 11.1. The summed E-state index contributed by atoms with van der Waals surface area (Å²) in [5.41, 5.74) is 1.38. The van der Waals surface area contributed by atoms with Crippen LogP contribution in [0.2, 0.25) is 0 Å². The van der Waals surface area contributed by atoms with Gasteiger partial charge in [0.25, 0.3) is 5.91 Å². The Hall–Kier alpha value is -1.76. The molecule has 1 aromatic carbocycles. The molecule has 20 heavy (non-hydrogen) atoms. The number of carbonyl (C=O) groups is 1. The summed E-state index contributed by atoms with van der Waals surface area (Å²) < 4.78 is 40.9.